The van der Waals surface area contributed by atoms with Crippen molar-refractivity contribution in [2.45, 2.75) is 43.6 Å². The summed E-state index contributed by atoms with van der Waals surface area (Å²) in [6, 6.07) is 11.5. The van der Waals surface area contributed by atoms with Crippen molar-refractivity contribution in [2.24, 2.45) is 10.7 Å². The first-order valence-corrected chi connectivity index (χ1v) is 10.8. The maximum absolute atomic E-state index is 6.55. The number of fused-ring (bicyclic) bond motifs is 2. The number of nitrogens with zero attached hydrogens (tertiary/aromatic N) is 2. The van der Waals surface area contributed by atoms with E-state index >= 15 is 0 Å². The van der Waals surface area contributed by atoms with Crippen LogP contribution in [0.3, 0.4) is 0 Å². The van der Waals surface area contributed by atoms with Gasteiger partial charge in [0.1, 0.15) is 5.75 Å². The highest BCUT2D eigenvalue weighted by atomic mass is 35.5. The Morgan fingerprint density at radius 3 is 2.57 bits per heavy atom. The van der Waals surface area contributed by atoms with Crippen molar-refractivity contribution < 1.29 is 14.3 Å². The SMILES string of the molecule is CC1CCC2(C[OH+]1)CC1(N=C(N)N(C)O1)c1cc(-c3cc(Cl)cc(Cl)c3)ccc1O2. The van der Waals surface area contributed by atoms with Gasteiger partial charge in [0.15, 0.2) is 18.3 Å². The molecule has 3 aliphatic rings. The van der Waals surface area contributed by atoms with Crippen LogP contribution in [-0.4, -0.2) is 41.1 Å². The predicted molar refractivity (Wildman–Crippen MR) is 118 cm³/mol. The molecule has 8 heteroatoms. The van der Waals surface area contributed by atoms with Crippen LogP contribution in [0.2, 0.25) is 10.0 Å². The smallest absolute Gasteiger partial charge is 0.222 e. The van der Waals surface area contributed by atoms with Crippen molar-refractivity contribution in [3.8, 4) is 16.9 Å². The van der Waals surface area contributed by atoms with E-state index in [-0.39, 0.29) is 0 Å². The van der Waals surface area contributed by atoms with Crippen molar-refractivity contribution in [1.29, 1.82) is 0 Å². The highest BCUT2D eigenvalue weighted by molar-refractivity contribution is 6.35. The number of guanidine groups is 1. The third kappa shape index (κ3) is 3.32. The quantitative estimate of drug-likeness (QED) is 0.662. The first-order valence-electron chi connectivity index (χ1n) is 10.0. The van der Waals surface area contributed by atoms with E-state index in [1.807, 2.05) is 30.3 Å². The van der Waals surface area contributed by atoms with Crippen molar-refractivity contribution >= 4 is 29.2 Å². The van der Waals surface area contributed by atoms with E-state index in [0.29, 0.717) is 35.1 Å². The zero-order valence-electron chi connectivity index (χ0n) is 16.9. The van der Waals surface area contributed by atoms with Gasteiger partial charge < -0.3 is 15.2 Å². The molecule has 2 aromatic rings. The zero-order valence-corrected chi connectivity index (χ0v) is 18.4. The number of hydroxylamine groups is 2. The minimum Gasteiger partial charge on any atom is -0.479 e. The van der Waals surface area contributed by atoms with Gasteiger partial charge in [0.05, 0.1) is 12.0 Å². The van der Waals surface area contributed by atoms with Gasteiger partial charge in [-0.15, -0.1) is 0 Å². The Labute approximate surface area is 185 Å². The van der Waals surface area contributed by atoms with Gasteiger partial charge in [0.2, 0.25) is 11.7 Å². The van der Waals surface area contributed by atoms with Gasteiger partial charge in [-0.1, -0.05) is 29.3 Å². The molecule has 3 unspecified atom stereocenters. The van der Waals surface area contributed by atoms with E-state index < -0.39 is 11.3 Å². The number of benzene rings is 2. The van der Waals surface area contributed by atoms with Crippen LogP contribution in [-0.2, 0) is 10.6 Å². The molecule has 0 aromatic heterocycles. The summed E-state index contributed by atoms with van der Waals surface area (Å²) in [6.07, 6.45) is 2.76. The average Bonchev–Trinajstić information content (AvgIpc) is 2.97. The van der Waals surface area contributed by atoms with Gasteiger partial charge in [-0.05, 0) is 41.5 Å². The van der Waals surface area contributed by atoms with Crippen molar-refractivity contribution in [3.05, 3.63) is 52.0 Å². The lowest BCUT2D eigenvalue weighted by molar-refractivity contribution is -0.247. The van der Waals surface area contributed by atoms with Crippen LogP contribution in [0.1, 0.15) is 31.7 Å². The second kappa shape index (κ2) is 7.02. The normalized spacial score (nSPS) is 30.3. The Morgan fingerprint density at radius 1 is 1.17 bits per heavy atom. The summed E-state index contributed by atoms with van der Waals surface area (Å²) in [5, 5.41) is 2.68. The molecule has 0 radical (unpaired) electrons. The molecular weight excluding hydrogens is 425 g/mol. The van der Waals surface area contributed by atoms with Crippen LogP contribution in [0.5, 0.6) is 5.75 Å². The monoisotopic (exact) mass is 448 g/mol. The number of hydrogen-bond acceptors (Lipinski definition) is 5. The van der Waals surface area contributed by atoms with Gasteiger partial charge in [0, 0.05) is 36.9 Å². The van der Waals surface area contributed by atoms with E-state index in [4.69, 9.17) is 48.2 Å². The van der Waals surface area contributed by atoms with E-state index in [1.54, 1.807) is 13.1 Å². The Hall–Kier alpha value is -1.99. The maximum Gasteiger partial charge on any atom is 0.222 e. The predicted octanol–water partition coefficient (Wildman–Crippen LogP) is 4.24. The third-order valence-corrected chi connectivity index (χ3v) is 6.54. The summed E-state index contributed by atoms with van der Waals surface area (Å²) in [5.74, 6) is 1.09. The van der Waals surface area contributed by atoms with Crippen LogP contribution >= 0.6 is 23.2 Å². The molecule has 6 nitrogen and oxygen atoms in total. The number of ether oxygens (including phenoxy) is 2. The van der Waals surface area contributed by atoms with Crippen LogP contribution in [0.15, 0.2) is 41.4 Å². The lowest BCUT2D eigenvalue weighted by Gasteiger charge is -2.45. The standard InChI is InChI=1S/C22H23Cl2N3O3/c1-13-5-6-21(12-28-13)11-22(26-20(25)27(2)30-22)18-9-14(3-4-19(18)29-21)15-7-16(23)10-17(24)8-15/h3-4,7-10,13H,5-6,11-12H2,1-2H3,(H2,25,26)/p+1. The summed E-state index contributed by atoms with van der Waals surface area (Å²) in [7, 11) is 1.77. The molecule has 0 bridgehead atoms. The first-order chi connectivity index (χ1) is 14.3. The molecule has 1 fully saturated rings. The second-order valence-corrected chi connectivity index (χ2v) is 9.28. The Balaban J connectivity index is 1.62. The zero-order chi connectivity index (χ0) is 21.1. The number of rotatable bonds is 1. The lowest BCUT2D eigenvalue weighted by atomic mass is 9.80. The minimum atomic E-state index is -0.944. The van der Waals surface area contributed by atoms with Gasteiger partial charge in [-0.25, -0.2) is 14.9 Å². The number of nitrogens with two attached hydrogens (primary N) is 1. The van der Waals surface area contributed by atoms with Gasteiger partial charge in [-0.3, -0.25) is 0 Å². The van der Waals surface area contributed by atoms with Gasteiger partial charge >= 0.3 is 0 Å². The van der Waals surface area contributed by atoms with Gasteiger partial charge in [-0.2, -0.15) is 0 Å². The van der Waals surface area contributed by atoms with Crippen LogP contribution < -0.4 is 10.5 Å². The molecule has 158 valence electrons. The van der Waals surface area contributed by atoms with Crippen LogP contribution in [0, 0.1) is 0 Å². The Kier molecular flexibility index (Phi) is 4.67. The van der Waals surface area contributed by atoms with Crippen molar-refractivity contribution in [2.75, 3.05) is 13.7 Å². The molecule has 5 rings (SSSR count). The van der Waals surface area contributed by atoms with E-state index in [9.17, 15) is 0 Å². The average molecular weight is 449 g/mol. The van der Waals surface area contributed by atoms with Gasteiger partial charge in [0.25, 0.3) is 0 Å². The summed E-state index contributed by atoms with van der Waals surface area (Å²) in [5.41, 5.74) is 7.43. The van der Waals surface area contributed by atoms with Crippen molar-refractivity contribution in [3.63, 3.8) is 0 Å². The number of halogens is 2. The maximum atomic E-state index is 6.55. The summed E-state index contributed by atoms with van der Waals surface area (Å²) >= 11 is 12.4. The molecule has 0 aliphatic carbocycles. The van der Waals surface area contributed by atoms with Crippen LogP contribution in [0.25, 0.3) is 11.1 Å². The van der Waals surface area contributed by atoms with E-state index in [0.717, 1.165) is 35.3 Å². The minimum absolute atomic E-state index is 0.340. The molecule has 0 saturated carbocycles. The molecule has 3 aliphatic heterocycles. The first kappa shape index (κ1) is 19.9. The molecule has 0 amide bonds. The molecule has 1 saturated heterocycles. The largest absolute Gasteiger partial charge is 0.479 e. The molecule has 3 heterocycles. The molecule has 2 aromatic carbocycles. The lowest BCUT2D eigenvalue weighted by Crippen LogP contribution is -2.55. The second-order valence-electron chi connectivity index (χ2n) is 8.40. The number of aliphatic imine (C=N–C) groups is 1. The molecule has 3 atom stereocenters. The highest BCUT2D eigenvalue weighted by Crippen LogP contribution is 2.52. The fraction of sp³-hybridized carbons (Fsp3) is 0.409. The van der Waals surface area contributed by atoms with Crippen LogP contribution in [0.4, 0.5) is 0 Å². The summed E-state index contributed by atoms with van der Waals surface area (Å²) < 4.78 is 11.3. The molecular formula is C22H24Cl2N3O3+. The third-order valence-electron chi connectivity index (χ3n) is 6.10. The Morgan fingerprint density at radius 2 is 1.93 bits per heavy atom. The summed E-state index contributed by atoms with van der Waals surface area (Å²) in [6.45, 7) is 2.75. The fourth-order valence-electron chi connectivity index (χ4n) is 4.55. The van der Waals surface area contributed by atoms with E-state index in [2.05, 4.69) is 6.92 Å². The highest BCUT2D eigenvalue weighted by Gasteiger charge is 2.57. The van der Waals surface area contributed by atoms with E-state index in [1.165, 1.54) is 5.06 Å². The molecule has 2 spiro atoms. The molecule has 3 N–H and O–H groups in total. The topological polar surface area (TPSA) is 72.9 Å². The molecule has 30 heavy (non-hydrogen) atoms. The Bertz CT molecular complexity index is 1020. The fourth-order valence-corrected chi connectivity index (χ4v) is 5.07. The van der Waals surface area contributed by atoms with Crippen molar-refractivity contribution in [1.82, 2.24) is 5.06 Å². The number of aliphatic hydroxyl groups is 2. The summed E-state index contributed by atoms with van der Waals surface area (Å²) in [4.78, 5) is 11.0. The number of hydrogen-bond donors (Lipinski definition) is 1.